The number of halogens is 3. The largest absolute Gasteiger partial charge is 0.413 e. The number of hydroxylamine groups is 1. The SMILES string of the molecule is CC(NOCC(F)(F)F)c1cnn(C)c1. The summed E-state index contributed by atoms with van der Waals surface area (Å²) in [4.78, 5) is 4.31. The lowest BCUT2D eigenvalue weighted by molar-refractivity contribution is -0.192. The first-order chi connectivity index (χ1) is 6.88. The van der Waals surface area contributed by atoms with Crippen LogP contribution in [0.5, 0.6) is 0 Å². The van der Waals surface area contributed by atoms with Crippen LogP contribution in [0, 0.1) is 0 Å². The van der Waals surface area contributed by atoms with E-state index in [4.69, 9.17) is 0 Å². The van der Waals surface area contributed by atoms with Gasteiger partial charge in [-0.25, -0.2) is 0 Å². The fourth-order valence-electron chi connectivity index (χ4n) is 0.980. The van der Waals surface area contributed by atoms with E-state index in [1.54, 1.807) is 31.0 Å². The highest BCUT2D eigenvalue weighted by Gasteiger charge is 2.28. The Kier molecular flexibility index (Phi) is 3.70. The average Bonchev–Trinajstić information content (AvgIpc) is 2.49. The molecule has 86 valence electrons. The highest BCUT2D eigenvalue weighted by molar-refractivity contribution is 5.08. The lowest BCUT2D eigenvalue weighted by Gasteiger charge is -2.13. The number of rotatable bonds is 4. The minimum atomic E-state index is -4.32. The van der Waals surface area contributed by atoms with E-state index in [0.29, 0.717) is 0 Å². The summed E-state index contributed by atoms with van der Waals surface area (Å²) in [5.74, 6) is 0. The van der Waals surface area contributed by atoms with Crippen LogP contribution in [0.15, 0.2) is 12.4 Å². The van der Waals surface area contributed by atoms with Crippen LogP contribution in [0.2, 0.25) is 0 Å². The third-order valence-corrected chi connectivity index (χ3v) is 1.72. The van der Waals surface area contributed by atoms with Crippen LogP contribution in [0.1, 0.15) is 18.5 Å². The first-order valence-electron chi connectivity index (χ1n) is 4.31. The number of aryl methyl sites for hydroxylation is 1. The van der Waals surface area contributed by atoms with Crippen molar-refractivity contribution in [3.05, 3.63) is 18.0 Å². The van der Waals surface area contributed by atoms with Crippen molar-refractivity contribution in [1.82, 2.24) is 15.3 Å². The van der Waals surface area contributed by atoms with Crippen LogP contribution in [-0.4, -0.2) is 22.6 Å². The Labute approximate surface area is 85.0 Å². The van der Waals surface area contributed by atoms with Gasteiger partial charge in [-0.1, -0.05) is 0 Å². The summed E-state index contributed by atoms with van der Waals surface area (Å²) in [6.45, 7) is 0.380. The van der Waals surface area contributed by atoms with Crippen molar-refractivity contribution in [2.75, 3.05) is 6.61 Å². The van der Waals surface area contributed by atoms with Gasteiger partial charge in [0, 0.05) is 18.8 Å². The molecule has 1 rings (SSSR count). The molecule has 0 aromatic carbocycles. The smallest absolute Gasteiger partial charge is 0.292 e. The Hall–Kier alpha value is -1.08. The van der Waals surface area contributed by atoms with E-state index in [9.17, 15) is 13.2 Å². The van der Waals surface area contributed by atoms with Crippen molar-refractivity contribution in [2.24, 2.45) is 7.05 Å². The molecule has 0 bridgehead atoms. The predicted octanol–water partition coefficient (Wildman–Crippen LogP) is 1.56. The molecule has 1 N–H and O–H groups in total. The minimum Gasteiger partial charge on any atom is -0.292 e. The van der Waals surface area contributed by atoms with Gasteiger partial charge in [0.05, 0.1) is 12.2 Å². The number of alkyl halides is 3. The second-order valence-corrected chi connectivity index (χ2v) is 3.19. The van der Waals surface area contributed by atoms with E-state index in [-0.39, 0.29) is 6.04 Å². The average molecular weight is 223 g/mol. The van der Waals surface area contributed by atoms with Gasteiger partial charge < -0.3 is 0 Å². The summed E-state index contributed by atoms with van der Waals surface area (Å²) in [6.07, 6.45) is -1.05. The molecule has 0 saturated heterocycles. The van der Waals surface area contributed by atoms with Crippen LogP contribution in [-0.2, 0) is 11.9 Å². The fourth-order valence-corrected chi connectivity index (χ4v) is 0.980. The zero-order chi connectivity index (χ0) is 11.5. The molecule has 1 heterocycles. The highest BCUT2D eigenvalue weighted by atomic mass is 19.4. The maximum absolute atomic E-state index is 11.7. The number of hydrogen-bond donors (Lipinski definition) is 1. The second-order valence-electron chi connectivity index (χ2n) is 3.19. The summed E-state index contributed by atoms with van der Waals surface area (Å²) in [7, 11) is 1.73. The van der Waals surface area contributed by atoms with Crippen molar-refractivity contribution >= 4 is 0 Å². The normalized spacial score (nSPS) is 14.2. The number of nitrogens with one attached hydrogen (secondary N) is 1. The molecule has 0 amide bonds. The molecule has 4 nitrogen and oxygen atoms in total. The highest BCUT2D eigenvalue weighted by Crippen LogP contribution is 2.15. The first kappa shape index (κ1) is 12.0. The maximum atomic E-state index is 11.7. The quantitative estimate of drug-likeness (QED) is 0.787. The Bertz CT molecular complexity index is 310. The Balaban J connectivity index is 2.34. The number of nitrogens with zero attached hydrogens (tertiary/aromatic N) is 2. The summed E-state index contributed by atoms with van der Waals surface area (Å²) in [6, 6.07) is -0.332. The van der Waals surface area contributed by atoms with E-state index < -0.39 is 12.8 Å². The van der Waals surface area contributed by atoms with Gasteiger partial charge in [0.1, 0.15) is 0 Å². The van der Waals surface area contributed by atoms with Gasteiger partial charge in [-0.05, 0) is 6.92 Å². The van der Waals surface area contributed by atoms with Crippen LogP contribution >= 0.6 is 0 Å². The van der Waals surface area contributed by atoms with Gasteiger partial charge in [0.25, 0.3) is 0 Å². The van der Waals surface area contributed by atoms with E-state index in [0.717, 1.165) is 5.56 Å². The van der Waals surface area contributed by atoms with Crippen LogP contribution in [0.3, 0.4) is 0 Å². The zero-order valence-electron chi connectivity index (χ0n) is 8.38. The van der Waals surface area contributed by atoms with Gasteiger partial charge in [0.15, 0.2) is 6.61 Å². The molecule has 0 fully saturated rings. The molecule has 15 heavy (non-hydrogen) atoms. The maximum Gasteiger partial charge on any atom is 0.413 e. The van der Waals surface area contributed by atoms with Crippen LogP contribution in [0.25, 0.3) is 0 Å². The fraction of sp³-hybridized carbons (Fsp3) is 0.625. The van der Waals surface area contributed by atoms with Crippen molar-refractivity contribution in [3.63, 3.8) is 0 Å². The van der Waals surface area contributed by atoms with Crippen LogP contribution < -0.4 is 5.48 Å². The van der Waals surface area contributed by atoms with Crippen molar-refractivity contribution < 1.29 is 18.0 Å². The molecule has 0 radical (unpaired) electrons. The third-order valence-electron chi connectivity index (χ3n) is 1.72. The molecule has 0 aliphatic carbocycles. The summed E-state index contributed by atoms with van der Waals surface area (Å²) >= 11 is 0. The van der Waals surface area contributed by atoms with E-state index in [1.165, 1.54) is 0 Å². The molecule has 1 unspecified atom stereocenters. The van der Waals surface area contributed by atoms with Crippen LogP contribution in [0.4, 0.5) is 13.2 Å². The molecular weight excluding hydrogens is 211 g/mol. The van der Waals surface area contributed by atoms with Crippen molar-refractivity contribution in [2.45, 2.75) is 19.1 Å². The minimum absolute atomic E-state index is 0.332. The molecule has 0 aliphatic heterocycles. The Morgan fingerprint density at radius 1 is 1.60 bits per heavy atom. The molecule has 1 atom stereocenters. The third kappa shape index (κ3) is 4.30. The van der Waals surface area contributed by atoms with E-state index in [2.05, 4.69) is 15.4 Å². The zero-order valence-corrected chi connectivity index (χ0v) is 8.38. The molecule has 1 aromatic rings. The number of aromatic nitrogens is 2. The van der Waals surface area contributed by atoms with Gasteiger partial charge in [-0.3, -0.25) is 9.52 Å². The molecule has 0 aliphatic rings. The molecular formula is C8H12F3N3O. The predicted molar refractivity (Wildman–Crippen MR) is 46.8 cm³/mol. The Morgan fingerprint density at radius 2 is 2.27 bits per heavy atom. The topological polar surface area (TPSA) is 39.1 Å². The standard InChI is InChI=1S/C8H12F3N3O/c1-6(7-3-12-14(2)4-7)13-15-5-8(9,10)11/h3-4,6,13H,5H2,1-2H3. The molecule has 0 saturated carbocycles. The van der Waals surface area contributed by atoms with Crippen molar-refractivity contribution in [1.29, 1.82) is 0 Å². The lowest BCUT2D eigenvalue weighted by atomic mass is 10.2. The first-order valence-corrected chi connectivity index (χ1v) is 4.31. The van der Waals surface area contributed by atoms with Gasteiger partial charge in [-0.15, -0.1) is 0 Å². The van der Waals surface area contributed by atoms with Gasteiger partial charge >= 0.3 is 6.18 Å². The summed E-state index contributed by atoms with van der Waals surface area (Å²) < 4.78 is 36.8. The molecule has 0 spiro atoms. The molecule has 1 aromatic heterocycles. The summed E-state index contributed by atoms with van der Waals surface area (Å²) in [5, 5.41) is 3.89. The monoisotopic (exact) mass is 223 g/mol. The van der Waals surface area contributed by atoms with Crippen molar-refractivity contribution in [3.8, 4) is 0 Å². The lowest BCUT2D eigenvalue weighted by Crippen LogP contribution is -2.26. The van der Waals surface area contributed by atoms with E-state index >= 15 is 0 Å². The Morgan fingerprint density at radius 3 is 2.73 bits per heavy atom. The van der Waals surface area contributed by atoms with E-state index in [1.807, 2.05) is 0 Å². The number of hydrogen-bond acceptors (Lipinski definition) is 3. The van der Waals surface area contributed by atoms with Gasteiger partial charge in [0.2, 0.25) is 0 Å². The summed E-state index contributed by atoms with van der Waals surface area (Å²) in [5.41, 5.74) is 3.06. The second kappa shape index (κ2) is 4.63. The molecule has 7 heteroatoms. The van der Waals surface area contributed by atoms with Gasteiger partial charge in [-0.2, -0.15) is 23.8 Å².